The highest BCUT2D eigenvalue weighted by Crippen LogP contribution is 2.50. The van der Waals surface area contributed by atoms with E-state index in [4.69, 9.17) is 13.6 Å². The average molecular weight is 289 g/mol. The van der Waals surface area contributed by atoms with Gasteiger partial charge in [-0.05, 0) is 38.7 Å². The maximum Gasteiger partial charge on any atom is 0.371 e. The van der Waals surface area contributed by atoms with Crippen LogP contribution in [0.15, 0.2) is 0 Å². The molecule has 19 heavy (non-hydrogen) atoms. The molecule has 114 valence electrons. The van der Waals surface area contributed by atoms with Gasteiger partial charge in [-0.15, -0.1) is 0 Å². The Morgan fingerprint density at radius 2 is 1.53 bits per heavy atom. The van der Waals surface area contributed by atoms with E-state index in [0.717, 1.165) is 32.3 Å². The molecule has 1 heterocycles. The van der Waals surface area contributed by atoms with Crippen molar-refractivity contribution in [2.75, 3.05) is 19.8 Å². The van der Waals surface area contributed by atoms with Gasteiger partial charge in [-0.1, -0.05) is 33.6 Å². The van der Waals surface area contributed by atoms with E-state index >= 15 is 0 Å². The molecular formula is C15H32O3Si. The van der Waals surface area contributed by atoms with Crippen molar-refractivity contribution in [2.24, 2.45) is 5.41 Å². The second-order valence-corrected chi connectivity index (χ2v) is 9.73. The van der Waals surface area contributed by atoms with Crippen LogP contribution in [-0.2, 0) is 13.6 Å². The lowest BCUT2D eigenvalue weighted by atomic mass is 9.84. The van der Waals surface area contributed by atoms with Crippen molar-refractivity contribution in [3.05, 3.63) is 0 Å². The van der Waals surface area contributed by atoms with Gasteiger partial charge >= 0.3 is 8.56 Å². The van der Waals surface area contributed by atoms with Crippen LogP contribution in [0.5, 0.6) is 0 Å². The quantitative estimate of drug-likeness (QED) is 0.690. The lowest BCUT2D eigenvalue weighted by Gasteiger charge is -2.55. The molecule has 3 nitrogen and oxygen atoms in total. The Bertz CT molecular complexity index is 260. The van der Waals surface area contributed by atoms with E-state index in [9.17, 15) is 0 Å². The largest absolute Gasteiger partial charge is 0.393 e. The summed E-state index contributed by atoms with van der Waals surface area (Å²) in [5.74, 6) is 0. The van der Waals surface area contributed by atoms with E-state index < -0.39 is 8.56 Å². The molecule has 0 aromatic heterocycles. The zero-order valence-corrected chi connectivity index (χ0v) is 14.7. The van der Waals surface area contributed by atoms with Crippen molar-refractivity contribution in [2.45, 2.75) is 72.1 Å². The number of ether oxygens (including phenoxy) is 1. The van der Waals surface area contributed by atoms with Crippen LogP contribution in [0, 0.1) is 5.41 Å². The smallest absolute Gasteiger partial charge is 0.371 e. The maximum atomic E-state index is 6.37. The standard InChI is InChI=1S/C15H32O3Si/c1-7-16-15(14(4,5)6)12-10-11-13-19(15,17-8-2)18-9-3/h7-13H2,1-6H3. The van der Waals surface area contributed by atoms with Crippen LogP contribution < -0.4 is 0 Å². The first-order valence-corrected chi connectivity index (χ1v) is 9.83. The molecule has 1 saturated heterocycles. The normalized spacial score (nSPS) is 27.5. The Hall–Kier alpha value is 0.0969. The van der Waals surface area contributed by atoms with Crippen LogP contribution >= 0.6 is 0 Å². The van der Waals surface area contributed by atoms with E-state index in [1.54, 1.807) is 0 Å². The van der Waals surface area contributed by atoms with Crippen LogP contribution in [0.1, 0.15) is 60.8 Å². The molecule has 1 aliphatic heterocycles. The minimum Gasteiger partial charge on any atom is -0.393 e. The van der Waals surface area contributed by atoms with Crippen LogP contribution in [0.25, 0.3) is 0 Å². The zero-order valence-electron chi connectivity index (χ0n) is 13.7. The van der Waals surface area contributed by atoms with Gasteiger partial charge in [0.25, 0.3) is 0 Å². The van der Waals surface area contributed by atoms with Gasteiger partial charge in [-0.25, -0.2) is 0 Å². The minimum absolute atomic E-state index is 0.0417. The molecule has 4 heteroatoms. The summed E-state index contributed by atoms with van der Waals surface area (Å²) >= 11 is 0. The van der Waals surface area contributed by atoms with E-state index in [-0.39, 0.29) is 10.6 Å². The van der Waals surface area contributed by atoms with Crippen molar-refractivity contribution in [1.82, 2.24) is 0 Å². The summed E-state index contributed by atoms with van der Waals surface area (Å²) in [6.07, 6.45) is 3.49. The van der Waals surface area contributed by atoms with Crippen molar-refractivity contribution >= 4 is 8.56 Å². The summed E-state index contributed by atoms with van der Waals surface area (Å²) in [5, 5.41) is -0.223. The predicted molar refractivity (Wildman–Crippen MR) is 81.5 cm³/mol. The second kappa shape index (κ2) is 6.70. The van der Waals surface area contributed by atoms with E-state index in [1.165, 1.54) is 12.8 Å². The van der Waals surface area contributed by atoms with Crippen LogP contribution in [0.4, 0.5) is 0 Å². The van der Waals surface area contributed by atoms with Crippen molar-refractivity contribution < 1.29 is 13.6 Å². The van der Waals surface area contributed by atoms with E-state index in [2.05, 4.69) is 41.5 Å². The highest BCUT2D eigenvalue weighted by Gasteiger charge is 2.65. The molecule has 0 radical (unpaired) electrons. The molecule has 0 aliphatic carbocycles. The van der Waals surface area contributed by atoms with Gasteiger partial charge in [0.05, 0.1) is 0 Å². The van der Waals surface area contributed by atoms with Gasteiger partial charge in [0.1, 0.15) is 5.22 Å². The van der Waals surface area contributed by atoms with Crippen molar-refractivity contribution in [3.8, 4) is 0 Å². The highest BCUT2D eigenvalue weighted by atomic mass is 28.4. The van der Waals surface area contributed by atoms with Gasteiger partial charge in [0.2, 0.25) is 0 Å². The van der Waals surface area contributed by atoms with Gasteiger partial charge < -0.3 is 13.6 Å². The summed E-state index contributed by atoms with van der Waals surface area (Å²) in [5.41, 5.74) is 0.0417. The molecule has 0 N–H and O–H groups in total. The van der Waals surface area contributed by atoms with E-state index in [1.807, 2.05) is 0 Å². The summed E-state index contributed by atoms with van der Waals surface area (Å²) in [4.78, 5) is 0. The summed E-state index contributed by atoms with van der Waals surface area (Å²) < 4.78 is 19.0. The molecular weight excluding hydrogens is 256 g/mol. The lowest BCUT2D eigenvalue weighted by molar-refractivity contribution is -0.103. The molecule has 1 atom stereocenters. The molecule has 1 aliphatic rings. The van der Waals surface area contributed by atoms with Gasteiger partial charge in [-0.2, -0.15) is 0 Å². The van der Waals surface area contributed by atoms with Gasteiger partial charge in [0, 0.05) is 19.8 Å². The molecule has 0 saturated carbocycles. The van der Waals surface area contributed by atoms with Gasteiger partial charge in [0.15, 0.2) is 0 Å². The van der Waals surface area contributed by atoms with Crippen molar-refractivity contribution in [3.63, 3.8) is 0 Å². The molecule has 1 rings (SSSR count). The Morgan fingerprint density at radius 3 is 1.95 bits per heavy atom. The first-order valence-electron chi connectivity index (χ1n) is 7.81. The van der Waals surface area contributed by atoms with Crippen molar-refractivity contribution in [1.29, 1.82) is 0 Å². The third kappa shape index (κ3) is 3.07. The molecule has 1 fully saturated rings. The third-order valence-electron chi connectivity index (χ3n) is 4.26. The Balaban J connectivity index is 3.25. The minimum atomic E-state index is -2.34. The Labute approximate surface area is 120 Å². The first kappa shape index (κ1) is 17.1. The third-order valence-corrected chi connectivity index (χ3v) is 9.15. The summed E-state index contributed by atoms with van der Waals surface area (Å²) in [7, 11) is -2.34. The molecule has 0 bridgehead atoms. The first-order chi connectivity index (χ1) is 8.89. The Morgan fingerprint density at radius 1 is 0.947 bits per heavy atom. The molecule has 0 spiro atoms. The molecule has 0 aromatic rings. The number of hydrogen-bond donors (Lipinski definition) is 0. The molecule has 1 unspecified atom stereocenters. The summed E-state index contributed by atoms with van der Waals surface area (Å²) in [6.45, 7) is 15.2. The maximum absolute atomic E-state index is 6.37. The monoisotopic (exact) mass is 288 g/mol. The average Bonchev–Trinajstić information content (AvgIpc) is 2.31. The van der Waals surface area contributed by atoms with E-state index in [0.29, 0.717) is 0 Å². The fourth-order valence-corrected chi connectivity index (χ4v) is 8.56. The zero-order chi connectivity index (χ0) is 14.6. The van der Waals surface area contributed by atoms with Crippen LogP contribution in [0.2, 0.25) is 6.04 Å². The predicted octanol–water partition coefficient (Wildman–Crippen LogP) is 4.05. The fraction of sp³-hybridized carbons (Fsp3) is 1.00. The van der Waals surface area contributed by atoms with Crippen LogP contribution in [-0.4, -0.2) is 33.6 Å². The molecule has 0 aromatic carbocycles. The fourth-order valence-electron chi connectivity index (χ4n) is 3.60. The number of hydrogen-bond acceptors (Lipinski definition) is 3. The molecule has 0 amide bonds. The SMILES string of the molecule is CCOC1(C(C)(C)C)CCCC[Si]1(OCC)OCC. The van der Waals surface area contributed by atoms with Gasteiger partial charge in [-0.3, -0.25) is 0 Å². The topological polar surface area (TPSA) is 27.7 Å². The van der Waals surface area contributed by atoms with Crippen LogP contribution in [0.3, 0.4) is 0 Å². The summed E-state index contributed by atoms with van der Waals surface area (Å²) in [6, 6.07) is 1.06. The lowest BCUT2D eigenvalue weighted by Crippen LogP contribution is -2.71. The second-order valence-electron chi connectivity index (χ2n) is 6.34. The highest BCUT2D eigenvalue weighted by molar-refractivity contribution is 6.71. The Kier molecular flexibility index (Phi) is 6.05. The number of rotatable bonds is 6.